The third kappa shape index (κ3) is 7.73. The second-order valence-corrected chi connectivity index (χ2v) is 1.71. The molecule has 0 aliphatic carbocycles. The highest BCUT2D eigenvalue weighted by atomic mass is 19.4. The van der Waals surface area contributed by atoms with Gasteiger partial charge in [-0.3, -0.25) is 0 Å². The zero-order chi connectivity index (χ0) is 7.71. The fourth-order valence-electron chi connectivity index (χ4n) is 0.311. The van der Waals surface area contributed by atoms with Crippen LogP contribution in [-0.2, 0) is 0 Å². The number of hydrogen-bond donors (Lipinski definition) is 3. The van der Waals surface area contributed by atoms with E-state index in [0.29, 0.717) is 0 Å². The Morgan fingerprint density at radius 2 is 1.44 bits per heavy atom. The van der Waals surface area contributed by atoms with Gasteiger partial charge in [-0.1, -0.05) is 0 Å². The molecule has 0 saturated heterocycles. The van der Waals surface area contributed by atoms with E-state index in [9.17, 15) is 13.2 Å². The molecule has 3 N–H and O–H groups in total. The fraction of sp³-hybridized carbons (Fsp3) is 1.00. The molecule has 0 aromatic carbocycles. The highest BCUT2D eigenvalue weighted by Crippen LogP contribution is 2.23. The molecular weight excluding hydrogens is 140 g/mol. The lowest BCUT2D eigenvalue weighted by Gasteiger charge is -2.21. The van der Waals surface area contributed by atoms with Gasteiger partial charge in [0.2, 0.25) is 0 Å². The lowest BCUT2D eigenvalue weighted by Crippen LogP contribution is -2.39. The predicted octanol–water partition coefficient (Wildman–Crippen LogP) is -0.536. The smallest absolute Gasteiger partial charge is 0.380 e. The van der Waals surface area contributed by atoms with Crippen LogP contribution in [0.1, 0.15) is 0 Å². The first-order chi connectivity index (χ1) is 3.71. The molecule has 9 heavy (non-hydrogen) atoms. The normalized spacial score (nSPS) is 14.0. The van der Waals surface area contributed by atoms with Gasteiger partial charge < -0.3 is 15.1 Å². The van der Waals surface area contributed by atoms with E-state index in [-0.39, 0.29) is 0 Å². The van der Waals surface area contributed by atoms with Crippen LogP contribution in [0.25, 0.3) is 0 Å². The summed E-state index contributed by atoms with van der Waals surface area (Å²) in [5, 5.41) is 23.4. The lowest BCUT2D eigenvalue weighted by atomic mass is 9.76. The third-order valence-electron chi connectivity index (χ3n) is 0.505. The number of hydrogen-bond acceptors (Lipinski definition) is 3. The van der Waals surface area contributed by atoms with Crippen LogP contribution in [0.2, 0.25) is 6.32 Å². The van der Waals surface area contributed by atoms with Crippen LogP contribution >= 0.6 is 0 Å². The van der Waals surface area contributed by atoms with Crippen molar-refractivity contribution in [2.45, 2.75) is 12.5 Å². The molecule has 7 heteroatoms. The van der Waals surface area contributed by atoms with Gasteiger partial charge in [0.1, 0.15) is 0 Å². The molecular formula is C2H5BF3O3-. The summed E-state index contributed by atoms with van der Waals surface area (Å²) in [4.78, 5) is 0. The summed E-state index contributed by atoms with van der Waals surface area (Å²) >= 11 is 0. The molecule has 0 aliphatic rings. The van der Waals surface area contributed by atoms with E-state index in [4.69, 9.17) is 15.1 Å². The van der Waals surface area contributed by atoms with E-state index in [1.807, 2.05) is 0 Å². The average Bonchev–Trinajstić information content (AvgIpc) is 1.14. The maximum Gasteiger partial charge on any atom is 0.380 e. The molecule has 0 aliphatic heterocycles. The first kappa shape index (κ1) is 8.73. The zero-order valence-electron chi connectivity index (χ0n) is 4.26. The summed E-state index contributed by atoms with van der Waals surface area (Å²) in [5.41, 5.74) is 0. The van der Waals surface area contributed by atoms with E-state index < -0.39 is 19.3 Å². The zero-order valence-corrected chi connectivity index (χ0v) is 4.26. The van der Waals surface area contributed by atoms with E-state index in [1.165, 1.54) is 0 Å². The number of halogens is 3. The molecule has 0 fully saturated rings. The second kappa shape index (κ2) is 2.16. The minimum Gasteiger partial charge on any atom is -0.559 e. The topological polar surface area (TPSA) is 60.7 Å². The Balaban J connectivity index is 3.75. The first-order valence-corrected chi connectivity index (χ1v) is 2.10. The summed E-state index contributed by atoms with van der Waals surface area (Å²) in [5.74, 6) is 0. The average molecular weight is 145 g/mol. The predicted molar refractivity (Wildman–Crippen MR) is 23.3 cm³/mol. The monoisotopic (exact) mass is 145 g/mol. The first-order valence-electron chi connectivity index (χ1n) is 2.10. The van der Waals surface area contributed by atoms with Gasteiger partial charge in [-0.05, 0) is 6.32 Å². The molecule has 0 radical (unpaired) electrons. The van der Waals surface area contributed by atoms with Gasteiger partial charge in [0.05, 0.1) is 0 Å². The van der Waals surface area contributed by atoms with E-state index in [0.717, 1.165) is 0 Å². The van der Waals surface area contributed by atoms with Gasteiger partial charge in [-0.25, -0.2) is 0 Å². The van der Waals surface area contributed by atoms with Crippen LogP contribution in [0.5, 0.6) is 0 Å². The van der Waals surface area contributed by atoms with Crippen molar-refractivity contribution in [1.29, 1.82) is 0 Å². The SMILES string of the molecule is O[B-](O)(O)CC(F)(F)F. The largest absolute Gasteiger partial charge is 0.559 e. The molecule has 0 aromatic rings. The fourth-order valence-corrected chi connectivity index (χ4v) is 0.311. The Kier molecular flexibility index (Phi) is 2.10. The van der Waals surface area contributed by atoms with Gasteiger partial charge in [-0.2, -0.15) is 13.2 Å². The van der Waals surface area contributed by atoms with Crippen molar-refractivity contribution in [2.75, 3.05) is 0 Å². The standard InChI is InChI=1S/C2H5BF3O3/c4-2(5,6)1-3(7,8)9/h7-9H,1H2/q-1. The Bertz CT molecular complexity index is 82.2. The number of alkyl halides is 3. The van der Waals surface area contributed by atoms with E-state index in [1.54, 1.807) is 0 Å². The summed E-state index contributed by atoms with van der Waals surface area (Å²) in [6.45, 7) is -4.22. The van der Waals surface area contributed by atoms with Crippen molar-refractivity contribution in [3.63, 3.8) is 0 Å². The maximum atomic E-state index is 11.1. The second-order valence-electron chi connectivity index (χ2n) is 1.71. The van der Waals surface area contributed by atoms with Crippen LogP contribution < -0.4 is 0 Å². The highest BCUT2D eigenvalue weighted by Gasteiger charge is 2.35. The van der Waals surface area contributed by atoms with Crippen LogP contribution in [0.3, 0.4) is 0 Å². The highest BCUT2D eigenvalue weighted by molar-refractivity contribution is 6.56. The molecule has 0 heterocycles. The van der Waals surface area contributed by atoms with Crippen molar-refractivity contribution in [3.8, 4) is 0 Å². The van der Waals surface area contributed by atoms with Crippen LogP contribution in [0.15, 0.2) is 0 Å². The Morgan fingerprint density at radius 3 is 1.44 bits per heavy atom. The summed E-state index contributed by atoms with van der Waals surface area (Å²) in [7, 11) is 0. The number of rotatable bonds is 1. The van der Waals surface area contributed by atoms with Crippen molar-refractivity contribution in [2.24, 2.45) is 0 Å². The summed E-state index contributed by atoms with van der Waals surface area (Å²) in [6, 6.07) is 0. The van der Waals surface area contributed by atoms with Crippen molar-refractivity contribution >= 4 is 6.75 Å². The molecule has 0 rings (SSSR count). The van der Waals surface area contributed by atoms with Gasteiger partial charge >= 0.3 is 12.9 Å². The maximum absolute atomic E-state index is 11.1. The molecule has 0 amide bonds. The van der Waals surface area contributed by atoms with E-state index in [2.05, 4.69) is 0 Å². The Hall–Kier alpha value is -0.265. The Labute approximate surface area is 48.7 Å². The molecule has 0 unspecified atom stereocenters. The van der Waals surface area contributed by atoms with Crippen LogP contribution in [0.4, 0.5) is 13.2 Å². The van der Waals surface area contributed by atoms with E-state index >= 15 is 0 Å². The minimum absolute atomic E-state index is 1.98. The van der Waals surface area contributed by atoms with Crippen LogP contribution in [-0.4, -0.2) is 28.0 Å². The van der Waals surface area contributed by atoms with Crippen molar-refractivity contribution < 1.29 is 28.2 Å². The van der Waals surface area contributed by atoms with Crippen molar-refractivity contribution in [3.05, 3.63) is 0 Å². The Morgan fingerprint density at radius 1 is 1.11 bits per heavy atom. The van der Waals surface area contributed by atoms with Crippen molar-refractivity contribution in [1.82, 2.24) is 0 Å². The molecule has 0 spiro atoms. The third-order valence-corrected chi connectivity index (χ3v) is 0.505. The quantitative estimate of drug-likeness (QED) is 0.434. The van der Waals surface area contributed by atoms with Gasteiger partial charge in [0, 0.05) is 0 Å². The molecule has 0 saturated carbocycles. The van der Waals surface area contributed by atoms with Crippen LogP contribution in [0, 0.1) is 0 Å². The van der Waals surface area contributed by atoms with Gasteiger partial charge in [-0.15, -0.1) is 0 Å². The molecule has 0 bridgehead atoms. The lowest BCUT2D eigenvalue weighted by molar-refractivity contribution is -0.118. The molecule has 3 nitrogen and oxygen atoms in total. The summed E-state index contributed by atoms with van der Waals surface area (Å²) in [6.07, 6.45) is -6.72. The molecule has 0 aromatic heterocycles. The summed E-state index contributed by atoms with van der Waals surface area (Å²) < 4.78 is 33.3. The van der Waals surface area contributed by atoms with Gasteiger partial charge in [0.15, 0.2) is 0 Å². The minimum atomic E-state index is -4.74. The molecule has 56 valence electrons. The van der Waals surface area contributed by atoms with Gasteiger partial charge in [0.25, 0.3) is 0 Å². The molecule has 0 atom stereocenters.